The molecule has 25 heavy (non-hydrogen) atoms. The fourth-order valence-corrected chi connectivity index (χ4v) is 4.03. The highest BCUT2D eigenvalue weighted by molar-refractivity contribution is 7.99. The lowest BCUT2D eigenvalue weighted by Crippen LogP contribution is -2.32. The molecule has 3 heterocycles. The minimum Gasteiger partial charge on any atom is -0.341 e. The highest BCUT2D eigenvalue weighted by atomic mass is 32.2. The van der Waals surface area contributed by atoms with E-state index in [1.54, 1.807) is 10.9 Å². The fraction of sp³-hybridized carbons (Fsp3) is 0.389. The average molecular weight is 355 g/mol. The average Bonchev–Trinajstić information content (AvgIpc) is 2.93. The van der Waals surface area contributed by atoms with E-state index in [0.29, 0.717) is 22.2 Å². The first kappa shape index (κ1) is 16.2. The van der Waals surface area contributed by atoms with Gasteiger partial charge in [-0.1, -0.05) is 24.6 Å². The molecule has 7 heteroatoms. The number of fused-ring (bicyclic) bond motifs is 1. The molecule has 1 aromatic carbocycles. The van der Waals surface area contributed by atoms with Crippen LogP contribution in [-0.2, 0) is 0 Å². The van der Waals surface area contributed by atoms with Gasteiger partial charge in [0.1, 0.15) is 5.39 Å². The molecular weight excluding hydrogens is 334 g/mol. The van der Waals surface area contributed by atoms with Crippen LogP contribution in [0.1, 0.15) is 19.3 Å². The third-order valence-corrected chi connectivity index (χ3v) is 5.74. The van der Waals surface area contributed by atoms with Gasteiger partial charge in [-0.25, -0.2) is 4.68 Å². The molecule has 1 aliphatic rings. The van der Waals surface area contributed by atoms with Crippen LogP contribution >= 0.6 is 11.8 Å². The zero-order chi connectivity index (χ0) is 17.2. The molecule has 1 N–H and O–H groups in total. The largest absolute Gasteiger partial charge is 0.341 e. The maximum atomic E-state index is 12.5. The van der Waals surface area contributed by atoms with Crippen molar-refractivity contribution in [3.63, 3.8) is 0 Å². The van der Waals surface area contributed by atoms with Gasteiger partial charge in [-0.15, -0.1) is 0 Å². The molecule has 0 aliphatic carbocycles. The van der Waals surface area contributed by atoms with Gasteiger partial charge in [0, 0.05) is 18.3 Å². The van der Waals surface area contributed by atoms with Gasteiger partial charge >= 0.3 is 0 Å². The van der Waals surface area contributed by atoms with E-state index in [9.17, 15) is 4.79 Å². The van der Waals surface area contributed by atoms with E-state index in [1.165, 1.54) is 12.8 Å². The van der Waals surface area contributed by atoms with Crippen LogP contribution in [0.4, 0.5) is 5.95 Å². The topological polar surface area (TPSA) is 66.8 Å². The number of anilines is 1. The van der Waals surface area contributed by atoms with Crippen molar-refractivity contribution < 1.29 is 0 Å². The van der Waals surface area contributed by atoms with Crippen LogP contribution in [0.25, 0.3) is 16.7 Å². The molecule has 6 nitrogen and oxygen atoms in total. The fourth-order valence-electron chi connectivity index (χ4n) is 3.30. The van der Waals surface area contributed by atoms with Crippen LogP contribution < -0.4 is 10.5 Å². The number of benzene rings is 1. The molecule has 3 aromatic rings. The van der Waals surface area contributed by atoms with E-state index < -0.39 is 0 Å². The number of nitrogens with one attached hydrogen (secondary N) is 1. The molecule has 1 saturated heterocycles. The summed E-state index contributed by atoms with van der Waals surface area (Å²) < 4.78 is 1.73. The SMILES string of the molecule is CSC1CCCCN(c2nc3c(cnn3-c3ccccc3)c(=O)[nH]2)C1. The van der Waals surface area contributed by atoms with Crippen molar-refractivity contribution in [3.05, 3.63) is 46.9 Å². The number of aromatic nitrogens is 4. The third kappa shape index (κ3) is 3.16. The Morgan fingerprint density at radius 3 is 2.88 bits per heavy atom. The smallest absolute Gasteiger partial charge is 0.263 e. The number of thioether (sulfide) groups is 1. The molecule has 0 saturated carbocycles. The number of rotatable bonds is 3. The minimum absolute atomic E-state index is 0.132. The van der Waals surface area contributed by atoms with Crippen LogP contribution in [0.2, 0.25) is 0 Å². The van der Waals surface area contributed by atoms with E-state index >= 15 is 0 Å². The Kier molecular flexibility index (Phi) is 4.48. The molecule has 0 spiro atoms. The zero-order valence-corrected chi connectivity index (χ0v) is 15.0. The molecule has 1 atom stereocenters. The van der Waals surface area contributed by atoms with Crippen molar-refractivity contribution in [2.75, 3.05) is 24.2 Å². The molecule has 4 rings (SSSR count). The standard InChI is InChI=1S/C18H21N5OS/c1-25-14-9-5-6-10-22(12-14)18-20-16-15(17(24)21-18)11-19-23(16)13-7-3-2-4-8-13/h2-4,7-8,11,14H,5-6,9-10,12H2,1H3,(H,20,21,24). The molecule has 130 valence electrons. The second-order valence-corrected chi connectivity index (χ2v) is 7.46. The molecular formula is C18H21N5OS. The lowest BCUT2D eigenvalue weighted by atomic mass is 10.2. The van der Waals surface area contributed by atoms with E-state index in [2.05, 4.69) is 21.2 Å². The second-order valence-electron chi connectivity index (χ2n) is 6.32. The van der Waals surface area contributed by atoms with Gasteiger partial charge in [0.05, 0.1) is 11.9 Å². The first-order valence-electron chi connectivity index (χ1n) is 8.57. The van der Waals surface area contributed by atoms with Gasteiger partial charge in [-0.05, 0) is 31.2 Å². The number of H-pyrrole nitrogens is 1. The maximum Gasteiger partial charge on any atom is 0.263 e. The number of nitrogens with zero attached hydrogens (tertiary/aromatic N) is 4. The van der Waals surface area contributed by atoms with Crippen LogP contribution in [0.15, 0.2) is 41.3 Å². The Morgan fingerprint density at radius 2 is 2.08 bits per heavy atom. The molecule has 0 radical (unpaired) electrons. The summed E-state index contributed by atoms with van der Waals surface area (Å²) in [6, 6.07) is 9.79. The van der Waals surface area contributed by atoms with Crippen LogP contribution in [0.3, 0.4) is 0 Å². The van der Waals surface area contributed by atoms with E-state index in [0.717, 1.165) is 25.2 Å². The van der Waals surface area contributed by atoms with Crippen LogP contribution in [0, 0.1) is 0 Å². The van der Waals surface area contributed by atoms with Gasteiger partial charge in [0.25, 0.3) is 5.56 Å². The van der Waals surface area contributed by atoms with Gasteiger partial charge in [0.15, 0.2) is 5.65 Å². The number of para-hydroxylation sites is 1. The summed E-state index contributed by atoms with van der Waals surface area (Å²) in [5, 5.41) is 5.46. The van der Waals surface area contributed by atoms with E-state index in [-0.39, 0.29) is 5.56 Å². The minimum atomic E-state index is -0.132. The zero-order valence-electron chi connectivity index (χ0n) is 14.2. The van der Waals surface area contributed by atoms with Gasteiger partial charge < -0.3 is 4.90 Å². The van der Waals surface area contributed by atoms with Crippen molar-refractivity contribution in [2.45, 2.75) is 24.5 Å². The Labute approximate surface area is 150 Å². The molecule has 0 amide bonds. The van der Waals surface area contributed by atoms with Crippen LogP contribution in [-0.4, -0.2) is 44.3 Å². The van der Waals surface area contributed by atoms with E-state index in [4.69, 9.17) is 4.98 Å². The second kappa shape index (κ2) is 6.92. The van der Waals surface area contributed by atoms with Gasteiger partial charge in [-0.2, -0.15) is 21.8 Å². The summed E-state index contributed by atoms with van der Waals surface area (Å²) >= 11 is 1.89. The Bertz CT molecular complexity index is 920. The van der Waals surface area contributed by atoms with Crippen LogP contribution in [0.5, 0.6) is 0 Å². The summed E-state index contributed by atoms with van der Waals surface area (Å²) in [5.41, 5.74) is 1.38. The normalized spacial score (nSPS) is 18.4. The highest BCUT2D eigenvalue weighted by Gasteiger charge is 2.21. The van der Waals surface area contributed by atoms with E-state index in [1.807, 2.05) is 42.1 Å². The lowest BCUT2D eigenvalue weighted by molar-refractivity contribution is 0.735. The summed E-state index contributed by atoms with van der Waals surface area (Å²) in [6.07, 6.45) is 7.29. The molecule has 2 aromatic heterocycles. The molecule has 0 bridgehead atoms. The van der Waals surface area contributed by atoms with Crippen molar-refractivity contribution >= 4 is 28.7 Å². The molecule has 1 unspecified atom stereocenters. The van der Waals surface area contributed by atoms with Crippen molar-refractivity contribution in [2.24, 2.45) is 0 Å². The summed E-state index contributed by atoms with van der Waals surface area (Å²) in [6.45, 7) is 1.83. The third-order valence-electron chi connectivity index (χ3n) is 4.69. The van der Waals surface area contributed by atoms with Crippen molar-refractivity contribution in [1.82, 2.24) is 19.7 Å². The number of aromatic amines is 1. The summed E-state index contributed by atoms with van der Waals surface area (Å²) in [4.78, 5) is 22.5. The Hall–Kier alpha value is -2.28. The quantitative estimate of drug-likeness (QED) is 0.782. The van der Waals surface area contributed by atoms with Gasteiger partial charge in [0.2, 0.25) is 5.95 Å². The molecule has 1 aliphatic heterocycles. The van der Waals surface area contributed by atoms with Crippen molar-refractivity contribution in [3.8, 4) is 5.69 Å². The number of hydrogen-bond donors (Lipinski definition) is 1. The maximum absolute atomic E-state index is 12.5. The number of hydrogen-bond acceptors (Lipinski definition) is 5. The summed E-state index contributed by atoms with van der Waals surface area (Å²) in [5.74, 6) is 0.649. The molecule has 1 fully saturated rings. The first-order chi connectivity index (χ1) is 12.3. The predicted octanol–water partition coefficient (Wildman–Crippen LogP) is 2.83. The predicted molar refractivity (Wildman–Crippen MR) is 103 cm³/mol. The van der Waals surface area contributed by atoms with Gasteiger partial charge in [-0.3, -0.25) is 9.78 Å². The monoisotopic (exact) mass is 355 g/mol. The summed E-state index contributed by atoms with van der Waals surface area (Å²) in [7, 11) is 0. The Balaban J connectivity index is 1.79. The lowest BCUT2D eigenvalue weighted by Gasteiger charge is -2.24. The first-order valence-corrected chi connectivity index (χ1v) is 9.86. The van der Waals surface area contributed by atoms with Crippen molar-refractivity contribution in [1.29, 1.82) is 0 Å². The Morgan fingerprint density at radius 1 is 1.24 bits per heavy atom. The highest BCUT2D eigenvalue weighted by Crippen LogP contribution is 2.23.